The lowest BCUT2D eigenvalue weighted by Gasteiger charge is -2.09. The first-order valence-electron chi connectivity index (χ1n) is 9.45. The number of H-pyrrole nitrogens is 2. The third-order valence-corrected chi connectivity index (χ3v) is 4.86. The number of nitrogens with one attached hydrogen (secondary N) is 3. The SMILES string of the molecule is O=C(Nc1ccc(Oc2ccnc3cc[nH]c23)cc1)c1n[nH]c2ccc(C(F)(F)F)cc12. The van der Waals surface area contributed by atoms with Gasteiger partial charge in [-0.25, -0.2) is 0 Å². The minimum atomic E-state index is -4.52. The first-order valence-corrected chi connectivity index (χ1v) is 9.45. The number of aromatic nitrogens is 4. The Bertz CT molecular complexity index is 1440. The smallest absolute Gasteiger partial charge is 0.416 e. The number of aromatic amines is 2. The molecule has 5 rings (SSSR count). The quantitative estimate of drug-likeness (QED) is 0.346. The van der Waals surface area contributed by atoms with E-state index in [0.717, 1.165) is 23.2 Å². The molecular formula is C22H14F3N5O2. The van der Waals surface area contributed by atoms with E-state index < -0.39 is 17.6 Å². The van der Waals surface area contributed by atoms with E-state index in [4.69, 9.17) is 4.74 Å². The Kier molecular flexibility index (Phi) is 4.54. The summed E-state index contributed by atoms with van der Waals surface area (Å²) in [4.78, 5) is 19.9. The predicted molar refractivity (Wildman–Crippen MR) is 112 cm³/mol. The number of rotatable bonds is 4. The summed E-state index contributed by atoms with van der Waals surface area (Å²) in [6.45, 7) is 0. The molecule has 3 N–H and O–H groups in total. The van der Waals surface area contributed by atoms with E-state index in [1.807, 2.05) is 6.07 Å². The molecule has 10 heteroatoms. The van der Waals surface area contributed by atoms with E-state index >= 15 is 0 Å². The van der Waals surface area contributed by atoms with E-state index in [1.54, 1.807) is 42.7 Å². The first kappa shape index (κ1) is 19.6. The molecule has 0 unspecified atom stereocenters. The van der Waals surface area contributed by atoms with Gasteiger partial charge in [-0.15, -0.1) is 0 Å². The minimum absolute atomic E-state index is 0.0879. The summed E-state index contributed by atoms with van der Waals surface area (Å²) in [7, 11) is 0. The Balaban J connectivity index is 1.34. The number of halogens is 3. The lowest BCUT2D eigenvalue weighted by molar-refractivity contribution is -0.137. The van der Waals surface area contributed by atoms with Crippen LogP contribution in [0.5, 0.6) is 11.5 Å². The second-order valence-corrected chi connectivity index (χ2v) is 6.96. The van der Waals surface area contributed by atoms with Gasteiger partial charge in [0, 0.05) is 29.5 Å². The van der Waals surface area contributed by atoms with Gasteiger partial charge in [0.2, 0.25) is 0 Å². The van der Waals surface area contributed by atoms with E-state index in [-0.39, 0.29) is 11.1 Å². The van der Waals surface area contributed by atoms with Gasteiger partial charge in [-0.2, -0.15) is 18.3 Å². The number of benzene rings is 2. The van der Waals surface area contributed by atoms with Crippen molar-refractivity contribution in [3.8, 4) is 11.5 Å². The number of hydrogen-bond donors (Lipinski definition) is 3. The molecule has 0 saturated carbocycles. The molecule has 3 heterocycles. The van der Waals surface area contributed by atoms with Crippen LogP contribution >= 0.6 is 0 Å². The Morgan fingerprint density at radius 1 is 1.03 bits per heavy atom. The molecule has 0 aliphatic rings. The average molecular weight is 437 g/mol. The number of carbonyl (C=O) groups excluding carboxylic acids is 1. The molecule has 0 spiro atoms. The van der Waals surface area contributed by atoms with Crippen LogP contribution < -0.4 is 10.1 Å². The van der Waals surface area contributed by atoms with Crippen LogP contribution in [0.4, 0.5) is 18.9 Å². The molecule has 0 saturated heterocycles. The Hall–Kier alpha value is -4.34. The van der Waals surface area contributed by atoms with Crippen molar-refractivity contribution >= 4 is 33.5 Å². The lowest BCUT2D eigenvalue weighted by Crippen LogP contribution is -2.13. The normalized spacial score (nSPS) is 11.7. The van der Waals surface area contributed by atoms with E-state index in [1.165, 1.54) is 6.07 Å². The number of carbonyl (C=O) groups is 1. The molecule has 0 aliphatic carbocycles. The third-order valence-electron chi connectivity index (χ3n) is 4.86. The summed E-state index contributed by atoms with van der Waals surface area (Å²) in [5.41, 5.74) is 1.32. The van der Waals surface area contributed by atoms with Crippen LogP contribution in [0.15, 0.2) is 67.0 Å². The predicted octanol–water partition coefficient (Wildman–Crippen LogP) is 5.50. The van der Waals surface area contributed by atoms with Crippen LogP contribution in [0.2, 0.25) is 0 Å². The van der Waals surface area contributed by atoms with Crippen molar-refractivity contribution in [1.29, 1.82) is 0 Å². The molecule has 1 amide bonds. The van der Waals surface area contributed by atoms with Crippen molar-refractivity contribution in [3.05, 3.63) is 78.2 Å². The molecule has 3 aromatic heterocycles. The maximum absolute atomic E-state index is 13.0. The Morgan fingerprint density at radius 3 is 2.62 bits per heavy atom. The fourth-order valence-electron chi connectivity index (χ4n) is 3.31. The molecule has 0 fully saturated rings. The lowest BCUT2D eigenvalue weighted by atomic mass is 10.1. The van der Waals surface area contributed by atoms with Crippen molar-refractivity contribution in [2.75, 3.05) is 5.32 Å². The second-order valence-electron chi connectivity index (χ2n) is 6.96. The molecule has 0 bridgehead atoms. The summed E-state index contributed by atoms with van der Waals surface area (Å²) in [6, 6.07) is 13.2. The number of fused-ring (bicyclic) bond motifs is 2. The van der Waals surface area contributed by atoms with E-state index in [2.05, 4.69) is 25.5 Å². The van der Waals surface area contributed by atoms with Gasteiger partial charge in [0.25, 0.3) is 5.91 Å². The van der Waals surface area contributed by atoms with Gasteiger partial charge in [-0.1, -0.05) is 0 Å². The summed E-state index contributed by atoms with van der Waals surface area (Å²) in [6.07, 6.45) is -1.12. The summed E-state index contributed by atoms with van der Waals surface area (Å²) < 4.78 is 44.9. The average Bonchev–Trinajstić information content (AvgIpc) is 3.41. The van der Waals surface area contributed by atoms with Crippen LogP contribution in [0, 0.1) is 0 Å². The van der Waals surface area contributed by atoms with Gasteiger partial charge < -0.3 is 15.0 Å². The Labute approximate surface area is 178 Å². The largest absolute Gasteiger partial charge is 0.455 e. The van der Waals surface area contributed by atoms with Gasteiger partial charge >= 0.3 is 6.18 Å². The van der Waals surface area contributed by atoms with Crippen molar-refractivity contribution in [2.24, 2.45) is 0 Å². The number of pyridine rings is 1. The van der Waals surface area contributed by atoms with Crippen LogP contribution in [-0.4, -0.2) is 26.1 Å². The Morgan fingerprint density at radius 2 is 1.84 bits per heavy atom. The van der Waals surface area contributed by atoms with Crippen LogP contribution in [0.25, 0.3) is 21.9 Å². The zero-order valence-corrected chi connectivity index (χ0v) is 16.2. The number of ether oxygens (including phenoxy) is 1. The summed E-state index contributed by atoms with van der Waals surface area (Å²) >= 11 is 0. The highest BCUT2D eigenvalue weighted by Gasteiger charge is 2.31. The van der Waals surface area contributed by atoms with Crippen LogP contribution in [0.1, 0.15) is 16.1 Å². The highest BCUT2D eigenvalue weighted by Crippen LogP contribution is 2.32. The van der Waals surface area contributed by atoms with Gasteiger partial charge in [0.15, 0.2) is 11.4 Å². The number of nitrogens with zero attached hydrogens (tertiary/aromatic N) is 2. The molecule has 32 heavy (non-hydrogen) atoms. The zero-order valence-electron chi connectivity index (χ0n) is 16.2. The maximum atomic E-state index is 13.0. The van der Waals surface area contributed by atoms with Gasteiger partial charge in [-0.05, 0) is 48.5 Å². The zero-order chi connectivity index (χ0) is 22.3. The van der Waals surface area contributed by atoms with E-state index in [0.29, 0.717) is 22.7 Å². The van der Waals surface area contributed by atoms with Crippen LogP contribution in [-0.2, 0) is 6.18 Å². The monoisotopic (exact) mass is 437 g/mol. The van der Waals surface area contributed by atoms with Crippen molar-refractivity contribution < 1.29 is 22.7 Å². The second kappa shape index (κ2) is 7.41. The molecule has 7 nitrogen and oxygen atoms in total. The molecular weight excluding hydrogens is 423 g/mol. The molecule has 2 aromatic carbocycles. The highest BCUT2D eigenvalue weighted by molar-refractivity contribution is 6.11. The fraction of sp³-hybridized carbons (Fsp3) is 0.0455. The van der Waals surface area contributed by atoms with Crippen molar-refractivity contribution in [3.63, 3.8) is 0 Å². The maximum Gasteiger partial charge on any atom is 0.416 e. The standard InChI is InChI=1S/C22H14F3N5O2/c23-22(24,25)12-1-6-16-15(11-12)19(30-29-16)21(31)28-13-2-4-14(5-3-13)32-18-8-10-26-17-7-9-27-20(17)18/h1-11,27H,(H,28,31)(H,29,30). The van der Waals surface area contributed by atoms with E-state index in [9.17, 15) is 18.0 Å². The number of anilines is 1. The third kappa shape index (κ3) is 3.62. The number of alkyl halides is 3. The highest BCUT2D eigenvalue weighted by atomic mass is 19.4. The van der Waals surface area contributed by atoms with Gasteiger partial charge in [0.1, 0.15) is 11.3 Å². The molecule has 160 valence electrons. The minimum Gasteiger partial charge on any atom is -0.455 e. The van der Waals surface area contributed by atoms with Gasteiger partial charge in [0.05, 0.1) is 16.6 Å². The fourth-order valence-corrected chi connectivity index (χ4v) is 3.31. The first-order chi connectivity index (χ1) is 15.4. The molecule has 0 aliphatic heterocycles. The number of hydrogen-bond acceptors (Lipinski definition) is 4. The van der Waals surface area contributed by atoms with Gasteiger partial charge in [-0.3, -0.25) is 14.9 Å². The molecule has 0 radical (unpaired) electrons. The van der Waals surface area contributed by atoms with Crippen molar-refractivity contribution in [1.82, 2.24) is 20.2 Å². The molecule has 5 aromatic rings. The molecule has 0 atom stereocenters. The topological polar surface area (TPSA) is 95.7 Å². The summed E-state index contributed by atoms with van der Waals surface area (Å²) in [5.74, 6) is 0.497. The van der Waals surface area contributed by atoms with Crippen molar-refractivity contribution in [2.45, 2.75) is 6.18 Å². The van der Waals surface area contributed by atoms with Crippen LogP contribution in [0.3, 0.4) is 0 Å². The number of amides is 1. The summed E-state index contributed by atoms with van der Waals surface area (Å²) in [5, 5.41) is 9.17.